The van der Waals surface area contributed by atoms with Crippen LogP contribution in [0, 0.1) is 11.3 Å². The molecule has 3 heteroatoms. The molecule has 0 heterocycles. The van der Waals surface area contributed by atoms with Crippen LogP contribution in [0.3, 0.4) is 0 Å². The Kier molecular flexibility index (Phi) is 6.80. The van der Waals surface area contributed by atoms with E-state index in [1.165, 1.54) is 12.8 Å². The summed E-state index contributed by atoms with van der Waals surface area (Å²) < 4.78 is 0. The van der Waals surface area contributed by atoms with Gasteiger partial charge >= 0.3 is 0 Å². The standard InChI is InChI=1S/C16H24N2S/c1-5-7-11-18(13(3)6-2)15-9-8-10-16(19-4)14(15)12-17/h8-10,13H,5-7,11H2,1-4H3. The number of nitriles is 1. The molecule has 0 amide bonds. The molecule has 0 spiro atoms. The summed E-state index contributed by atoms with van der Waals surface area (Å²) in [7, 11) is 0. The molecule has 0 radical (unpaired) electrons. The van der Waals surface area contributed by atoms with Gasteiger partial charge in [-0.15, -0.1) is 11.8 Å². The number of benzene rings is 1. The number of hydrogen-bond donors (Lipinski definition) is 0. The molecule has 0 aliphatic rings. The molecule has 0 N–H and O–H groups in total. The first-order valence-corrected chi connectivity index (χ1v) is 8.25. The molecule has 1 atom stereocenters. The Hall–Kier alpha value is -1.14. The predicted octanol–water partition coefficient (Wildman–Crippen LogP) is 4.69. The van der Waals surface area contributed by atoms with Crippen LogP contribution < -0.4 is 4.90 Å². The minimum Gasteiger partial charge on any atom is -0.368 e. The van der Waals surface area contributed by atoms with Gasteiger partial charge in [0.15, 0.2) is 0 Å². The third-order valence-electron chi connectivity index (χ3n) is 3.52. The topological polar surface area (TPSA) is 27.0 Å². The molecule has 0 aromatic heterocycles. The third kappa shape index (κ3) is 3.91. The summed E-state index contributed by atoms with van der Waals surface area (Å²) in [5, 5.41) is 9.47. The van der Waals surface area contributed by atoms with Crippen LogP contribution in [0.25, 0.3) is 0 Å². The van der Waals surface area contributed by atoms with Gasteiger partial charge in [-0.1, -0.05) is 26.3 Å². The lowest BCUT2D eigenvalue weighted by atomic mass is 10.1. The van der Waals surface area contributed by atoms with Gasteiger partial charge in [0.2, 0.25) is 0 Å². The van der Waals surface area contributed by atoms with Gasteiger partial charge in [0, 0.05) is 17.5 Å². The minimum atomic E-state index is 0.468. The Bertz CT molecular complexity index is 437. The fourth-order valence-corrected chi connectivity index (χ4v) is 2.74. The smallest absolute Gasteiger partial charge is 0.103 e. The average molecular weight is 276 g/mol. The zero-order chi connectivity index (χ0) is 14.3. The Balaban J connectivity index is 3.18. The monoisotopic (exact) mass is 276 g/mol. The maximum absolute atomic E-state index is 9.47. The lowest BCUT2D eigenvalue weighted by Gasteiger charge is -2.32. The first-order chi connectivity index (χ1) is 9.19. The largest absolute Gasteiger partial charge is 0.368 e. The highest BCUT2D eigenvalue weighted by molar-refractivity contribution is 7.98. The van der Waals surface area contributed by atoms with Gasteiger partial charge in [-0.05, 0) is 38.2 Å². The first-order valence-electron chi connectivity index (χ1n) is 7.03. The van der Waals surface area contributed by atoms with Gasteiger partial charge in [-0.3, -0.25) is 0 Å². The molecule has 1 unspecified atom stereocenters. The average Bonchev–Trinajstić information content (AvgIpc) is 2.46. The molecule has 1 rings (SSSR count). The number of rotatable bonds is 7. The van der Waals surface area contributed by atoms with E-state index < -0.39 is 0 Å². The molecular weight excluding hydrogens is 252 g/mol. The van der Waals surface area contributed by atoms with Crippen molar-refractivity contribution in [2.45, 2.75) is 51.0 Å². The first kappa shape index (κ1) is 15.9. The Morgan fingerprint density at radius 1 is 1.37 bits per heavy atom. The molecule has 2 nitrogen and oxygen atoms in total. The summed E-state index contributed by atoms with van der Waals surface area (Å²) in [6, 6.07) is 9.03. The highest BCUT2D eigenvalue weighted by atomic mass is 32.2. The summed E-state index contributed by atoms with van der Waals surface area (Å²) in [4.78, 5) is 3.46. The Labute approximate surface area is 121 Å². The van der Waals surface area contributed by atoms with E-state index in [1.54, 1.807) is 11.8 Å². The Morgan fingerprint density at radius 2 is 2.11 bits per heavy atom. The van der Waals surface area contributed by atoms with Crippen LogP contribution in [-0.4, -0.2) is 18.8 Å². The molecule has 0 saturated heterocycles. The van der Waals surface area contributed by atoms with Crippen molar-refractivity contribution < 1.29 is 0 Å². The quantitative estimate of drug-likeness (QED) is 0.676. The minimum absolute atomic E-state index is 0.468. The van der Waals surface area contributed by atoms with Crippen molar-refractivity contribution >= 4 is 17.4 Å². The second-order valence-corrected chi connectivity index (χ2v) is 5.62. The van der Waals surface area contributed by atoms with Gasteiger partial charge in [-0.2, -0.15) is 5.26 Å². The van der Waals surface area contributed by atoms with Crippen LogP contribution in [-0.2, 0) is 0 Å². The van der Waals surface area contributed by atoms with Gasteiger partial charge in [0.05, 0.1) is 11.3 Å². The summed E-state index contributed by atoms with van der Waals surface area (Å²) in [5.74, 6) is 0. The van der Waals surface area contributed by atoms with Crippen LogP contribution in [0.15, 0.2) is 23.1 Å². The van der Waals surface area contributed by atoms with E-state index in [1.807, 2.05) is 12.3 Å². The molecule has 19 heavy (non-hydrogen) atoms. The van der Waals surface area contributed by atoms with Crippen LogP contribution >= 0.6 is 11.8 Å². The van der Waals surface area contributed by atoms with Crippen molar-refractivity contribution in [3.8, 4) is 6.07 Å². The van der Waals surface area contributed by atoms with E-state index in [9.17, 15) is 5.26 Å². The van der Waals surface area contributed by atoms with Crippen molar-refractivity contribution in [3.05, 3.63) is 23.8 Å². The van der Waals surface area contributed by atoms with Crippen molar-refractivity contribution in [3.63, 3.8) is 0 Å². The van der Waals surface area contributed by atoms with Crippen LogP contribution in [0.4, 0.5) is 5.69 Å². The SMILES string of the molecule is CCCCN(c1cccc(SC)c1C#N)C(C)CC. The highest BCUT2D eigenvalue weighted by Crippen LogP contribution is 2.30. The molecule has 1 aromatic carbocycles. The van der Waals surface area contributed by atoms with E-state index in [2.05, 4.69) is 43.9 Å². The number of thioether (sulfide) groups is 1. The summed E-state index contributed by atoms with van der Waals surface area (Å²) in [6.07, 6.45) is 5.47. The van der Waals surface area contributed by atoms with Crippen molar-refractivity contribution in [1.29, 1.82) is 5.26 Å². The van der Waals surface area contributed by atoms with Crippen molar-refractivity contribution in [2.75, 3.05) is 17.7 Å². The molecule has 0 bridgehead atoms. The van der Waals surface area contributed by atoms with E-state index in [4.69, 9.17) is 0 Å². The lowest BCUT2D eigenvalue weighted by molar-refractivity contribution is 0.595. The molecule has 0 aliphatic carbocycles. The van der Waals surface area contributed by atoms with Gasteiger partial charge in [-0.25, -0.2) is 0 Å². The van der Waals surface area contributed by atoms with E-state index >= 15 is 0 Å². The molecule has 1 aromatic rings. The molecule has 104 valence electrons. The maximum atomic E-state index is 9.47. The summed E-state index contributed by atoms with van der Waals surface area (Å²) in [5.41, 5.74) is 1.92. The highest BCUT2D eigenvalue weighted by Gasteiger charge is 2.17. The van der Waals surface area contributed by atoms with Gasteiger partial charge in [0.25, 0.3) is 0 Å². The van der Waals surface area contributed by atoms with Crippen LogP contribution in [0.1, 0.15) is 45.6 Å². The fraction of sp³-hybridized carbons (Fsp3) is 0.562. The second-order valence-electron chi connectivity index (χ2n) is 4.77. The van der Waals surface area contributed by atoms with Crippen LogP contribution in [0.2, 0.25) is 0 Å². The predicted molar refractivity (Wildman–Crippen MR) is 84.9 cm³/mol. The zero-order valence-electron chi connectivity index (χ0n) is 12.4. The number of hydrogen-bond acceptors (Lipinski definition) is 3. The summed E-state index contributed by atoms with van der Waals surface area (Å²) in [6.45, 7) is 7.67. The molecule has 0 saturated carbocycles. The molecule has 0 aliphatic heterocycles. The summed E-state index contributed by atoms with van der Waals surface area (Å²) >= 11 is 1.65. The van der Waals surface area contributed by atoms with Crippen molar-refractivity contribution in [2.24, 2.45) is 0 Å². The van der Waals surface area contributed by atoms with E-state index in [-0.39, 0.29) is 0 Å². The normalized spacial score (nSPS) is 11.9. The van der Waals surface area contributed by atoms with Crippen LogP contribution in [0.5, 0.6) is 0 Å². The zero-order valence-corrected chi connectivity index (χ0v) is 13.3. The maximum Gasteiger partial charge on any atom is 0.103 e. The van der Waals surface area contributed by atoms with E-state index in [0.717, 1.165) is 29.1 Å². The molecule has 0 fully saturated rings. The Morgan fingerprint density at radius 3 is 2.63 bits per heavy atom. The van der Waals surface area contributed by atoms with Crippen molar-refractivity contribution in [1.82, 2.24) is 0 Å². The van der Waals surface area contributed by atoms with Gasteiger partial charge in [0.1, 0.15) is 6.07 Å². The van der Waals surface area contributed by atoms with Gasteiger partial charge < -0.3 is 4.90 Å². The second kappa shape index (κ2) is 8.12. The molecular formula is C16H24N2S. The number of nitrogens with zero attached hydrogens (tertiary/aromatic N) is 2. The third-order valence-corrected chi connectivity index (χ3v) is 4.30. The van der Waals surface area contributed by atoms with E-state index in [0.29, 0.717) is 6.04 Å². The number of unbranched alkanes of at least 4 members (excludes halogenated alkanes) is 1. The number of anilines is 1. The fourth-order valence-electron chi connectivity index (χ4n) is 2.17. The lowest BCUT2D eigenvalue weighted by Crippen LogP contribution is -2.34.